The van der Waals surface area contributed by atoms with Crippen molar-refractivity contribution < 1.29 is 14.3 Å². The van der Waals surface area contributed by atoms with Gasteiger partial charge in [-0.1, -0.05) is 36.4 Å². The Balaban J connectivity index is 1.32. The van der Waals surface area contributed by atoms with E-state index in [2.05, 4.69) is 63.4 Å². The number of aryl methyl sites for hydroxylation is 1. The normalized spacial score (nSPS) is 18.5. The first-order valence-corrected chi connectivity index (χ1v) is 12.7. The monoisotopic (exact) mass is 473 g/mol. The molecule has 0 saturated carbocycles. The maximum Gasteiger partial charge on any atom is 0.330 e. The molecule has 0 amide bonds. The number of H-pyrrole nitrogens is 1. The molecule has 1 saturated heterocycles. The number of morpholine rings is 1. The third-order valence-electron chi connectivity index (χ3n) is 7.42. The first kappa shape index (κ1) is 23.8. The first-order chi connectivity index (χ1) is 17.2. The molecular formula is C29H35N3O3. The van der Waals surface area contributed by atoms with Gasteiger partial charge in [0.2, 0.25) is 0 Å². The van der Waals surface area contributed by atoms with Crippen LogP contribution in [0.5, 0.6) is 0 Å². The van der Waals surface area contributed by atoms with Crippen molar-refractivity contribution in [2.24, 2.45) is 0 Å². The van der Waals surface area contributed by atoms with Gasteiger partial charge in [-0.05, 0) is 53.7 Å². The molecule has 1 aliphatic heterocycles. The van der Waals surface area contributed by atoms with Gasteiger partial charge in [0.1, 0.15) is 0 Å². The van der Waals surface area contributed by atoms with E-state index in [9.17, 15) is 4.79 Å². The van der Waals surface area contributed by atoms with Crippen LogP contribution < -0.4 is 0 Å². The largest absolute Gasteiger partial charge is 0.466 e. The highest BCUT2D eigenvalue weighted by Gasteiger charge is 2.28. The number of aromatic amines is 1. The highest BCUT2D eigenvalue weighted by molar-refractivity contribution is 5.87. The van der Waals surface area contributed by atoms with Crippen molar-refractivity contribution in [3.8, 4) is 0 Å². The lowest BCUT2D eigenvalue weighted by Crippen LogP contribution is -2.42. The number of rotatable bonds is 9. The van der Waals surface area contributed by atoms with Crippen molar-refractivity contribution in [3.05, 3.63) is 77.0 Å². The van der Waals surface area contributed by atoms with Gasteiger partial charge in [-0.2, -0.15) is 0 Å². The van der Waals surface area contributed by atoms with Crippen LogP contribution in [-0.4, -0.2) is 73.8 Å². The fraction of sp³-hybridized carbons (Fsp3) is 0.414. The Bertz CT molecular complexity index is 1180. The zero-order chi connectivity index (χ0) is 24.0. The third-order valence-corrected chi connectivity index (χ3v) is 7.42. The Kier molecular flexibility index (Phi) is 7.62. The molecule has 5 rings (SSSR count). The number of esters is 1. The van der Waals surface area contributed by atoms with E-state index < -0.39 is 0 Å². The Labute approximate surface area is 207 Å². The molecule has 2 aliphatic rings. The maximum atomic E-state index is 11.5. The second-order valence-electron chi connectivity index (χ2n) is 9.47. The number of fused-ring (bicyclic) bond motifs is 2. The fourth-order valence-corrected chi connectivity index (χ4v) is 5.45. The van der Waals surface area contributed by atoms with E-state index in [1.54, 1.807) is 0 Å². The topological polar surface area (TPSA) is 57.8 Å². The number of methoxy groups -OCH3 is 1. The molecule has 1 atom stereocenters. The summed E-state index contributed by atoms with van der Waals surface area (Å²) in [7, 11) is 1.40. The SMILES string of the molecule is COC(=O)/C=C/c1ccc2c(c1)CCC2N(CCc1c[nH]c2ccccc12)CCN1CCOCC1. The van der Waals surface area contributed by atoms with Gasteiger partial charge >= 0.3 is 5.97 Å². The Morgan fingerprint density at radius 2 is 2.06 bits per heavy atom. The zero-order valence-electron chi connectivity index (χ0n) is 20.5. The molecule has 1 aromatic heterocycles. The molecule has 0 bridgehead atoms. The smallest absolute Gasteiger partial charge is 0.330 e. The highest BCUT2D eigenvalue weighted by Crippen LogP contribution is 2.36. The summed E-state index contributed by atoms with van der Waals surface area (Å²) in [6.45, 7) is 6.87. The van der Waals surface area contributed by atoms with Gasteiger partial charge in [0.05, 0.1) is 20.3 Å². The van der Waals surface area contributed by atoms with Crippen molar-refractivity contribution in [1.29, 1.82) is 0 Å². The van der Waals surface area contributed by atoms with Gasteiger partial charge in [0.15, 0.2) is 0 Å². The minimum Gasteiger partial charge on any atom is -0.466 e. The standard InChI is InChI=1S/C29H35N3O3/c1-34-29(33)11-7-22-6-9-26-23(20-22)8-10-28(26)32(15-14-31-16-18-35-19-17-31)13-12-24-21-30-27-5-3-2-4-25(24)27/h2-7,9,11,20-21,28,30H,8,10,12-19H2,1H3/b11-7+. The Morgan fingerprint density at radius 1 is 1.20 bits per heavy atom. The van der Waals surface area contributed by atoms with Crippen LogP contribution in [0.15, 0.2) is 54.7 Å². The van der Waals surface area contributed by atoms with E-state index in [4.69, 9.17) is 9.47 Å². The van der Waals surface area contributed by atoms with Crippen LogP contribution in [-0.2, 0) is 27.1 Å². The second kappa shape index (κ2) is 11.2. The molecule has 6 nitrogen and oxygen atoms in total. The van der Waals surface area contributed by atoms with E-state index in [1.165, 1.54) is 40.8 Å². The first-order valence-electron chi connectivity index (χ1n) is 12.7. The van der Waals surface area contributed by atoms with E-state index >= 15 is 0 Å². The van der Waals surface area contributed by atoms with E-state index in [0.717, 1.165) is 70.8 Å². The van der Waals surface area contributed by atoms with Crippen LogP contribution in [0.1, 0.15) is 34.7 Å². The minimum absolute atomic E-state index is 0.324. The molecule has 35 heavy (non-hydrogen) atoms. The number of nitrogens with zero attached hydrogens (tertiary/aromatic N) is 2. The van der Waals surface area contributed by atoms with Gasteiger partial charge in [-0.15, -0.1) is 0 Å². The van der Waals surface area contributed by atoms with Crippen LogP contribution in [0.25, 0.3) is 17.0 Å². The van der Waals surface area contributed by atoms with E-state index in [-0.39, 0.29) is 5.97 Å². The molecule has 1 N–H and O–H groups in total. The van der Waals surface area contributed by atoms with E-state index in [0.29, 0.717) is 6.04 Å². The predicted octanol–water partition coefficient (Wildman–Crippen LogP) is 4.22. The molecule has 3 aromatic rings. The molecule has 2 heterocycles. The van der Waals surface area contributed by atoms with Crippen molar-refractivity contribution in [3.63, 3.8) is 0 Å². The highest BCUT2D eigenvalue weighted by atomic mass is 16.5. The lowest BCUT2D eigenvalue weighted by Gasteiger charge is -2.33. The fourth-order valence-electron chi connectivity index (χ4n) is 5.45. The average Bonchev–Trinajstić information content (AvgIpc) is 3.52. The number of hydrogen-bond acceptors (Lipinski definition) is 5. The minimum atomic E-state index is -0.324. The molecular weight excluding hydrogens is 438 g/mol. The Hall–Kier alpha value is -2.93. The molecule has 0 radical (unpaired) electrons. The van der Waals surface area contributed by atoms with Crippen molar-refractivity contribution in [2.75, 3.05) is 53.0 Å². The maximum absolute atomic E-state index is 11.5. The Morgan fingerprint density at radius 3 is 2.91 bits per heavy atom. The van der Waals surface area contributed by atoms with Gasteiger partial charge in [-0.3, -0.25) is 9.80 Å². The summed E-state index contributed by atoms with van der Waals surface area (Å²) in [6.07, 6.45) is 8.74. The number of nitrogens with one attached hydrogen (secondary N) is 1. The molecule has 2 aromatic carbocycles. The van der Waals surface area contributed by atoms with Gasteiger partial charge < -0.3 is 14.5 Å². The van der Waals surface area contributed by atoms with Crippen molar-refractivity contribution >= 4 is 22.9 Å². The van der Waals surface area contributed by atoms with E-state index in [1.807, 2.05) is 6.08 Å². The average molecular weight is 474 g/mol. The number of aromatic nitrogens is 1. The summed E-state index contributed by atoms with van der Waals surface area (Å²) in [5.74, 6) is -0.324. The number of para-hydroxylation sites is 1. The van der Waals surface area contributed by atoms with Crippen LogP contribution >= 0.6 is 0 Å². The summed E-state index contributed by atoms with van der Waals surface area (Å²) in [6, 6.07) is 15.6. The third kappa shape index (κ3) is 5.67. The number of carbonyl (C=O) groups excluding carboxylic acids is 1. The van der Waals surface area contributed by atoms with Gasteiger partial charge in [0.25, 0.3) is 0 Å². The summed E-state index contributed by atoms with van der Waals surface area (Å²) in [4.78, 5) is 20.1. The van der Waals surface area contributed by atoms with Crippen LogP contribution in [0.4, 0.5) is 0 Å². The lowest BCUT2D eigenvalue weighted by molar-refractivity contribution is -0.134. The summed E-state index contributed by atoms with van der Waals surface area (Å²) in [5, 5.41) is 1.33. The van der Waals surface area contributed by atoms with Gasteiger partial charge in [-0.25, -0.2) is 4.79 Å². The lowest BCUT2D eigenvalue weighted by atomic mass is 10.0. The molecule has 1 aliphatic carbocycles. The van der Waals surface area contributed by atoms with Crippen LogP contribution in [0, 0.1) is 0 Å². The van der Waals surface area contributed by atoms with Crippen molar-refractivity contribution in [1.82, 2.24) is 14.8 Å². The summed E-state index contributed by atoms with van der Waals surface area (Å²) in [5.41, 5.74) is 6.47. The zero-order valence-corrected chi connectivity index (χ0v) is 20.5. The second-order valence-corrected chi connectivity index (χ2v) is 9.47. The molecule has 6 heteroatoms. The number of hydrogen-bond donors (Lipinski definition) is 1. The summed E-state index contributed by atoms with van der Waals surface area (Å²) >= 11 is 0. The quantitative estimate of drug-likeness (QED) is 0.373. The molecule has 0 spiro atoms. The summed E-state index contributed by atoms with van der Waals surface area (Å²) < 4.78 is 10.3. The number of benzene rings is 2. The molecule has 1 fully saturated rings. The van der Waals surface area contributed by atoms with Gasteiger partial charge in [0, 0.05) is 61.9 Å². The van der Waals surface area contributed by atoms with Crippen LogP contribution in [0.2, 0.25) is 0 Å². The van der Waals surface area contributed by atoms with Crippen molar-refractivity contribution in [2.45, 2.75) is 25.3 Å². The number of ether oxygens (including phenoxy) is 2. The molecule has 184 valence electrons. The number of carbonyl (C=O) groups is 1. The van der Waals surface area contributed by atoms with Crippen LogP contribution in [0.3, 0.4) is 0 Å². The predicted molar refractivity (Wildman–Crippen MR) is 139 cm³/mol. The molecule has 1 unspecified atom stereocenters.